The highest BCUT2D eigenvalue weighted by Gasteiger charge is 2.43. The van der Waals surface area contributed by atoms with Crippen molar-refractivity contribution in [3.05, 3.63) is 52.3 Å². The average Bonchev–Trinajstić information content (AvgIpc) is 3.17. The van der Waals surface area contributed by atoms with E-state index in [9.17, 15) is 24.0 Å². The predicted molar refractivity (Wildman–Crippen MR) is 114 cm³/mol. The van der Waals surface area contributed by atoms with E-state index in [0.29, 0.717) is 5.75 Å². The zero-order valence-corrected chi connectivity index (χ0v) is 18.0. The molecule has 10 heteroatoms. The van der Waals surface area contributed by atoms with E-state index in [0.717, 1.165) is 4.90 Å². The van der Waals surface area contributed by atoms with Crippen molar-refractivity contribution >= 4 is 47.1 Å². The number of Topliss-reactive ketones (excluding diaryl/α,β-unsaturated/α-hetero) is 1. The number of hydrogen-bond donors (Lipinski definition) is 2. The van der Waals surface area contributed by atoms with Crippen molar-refractivity contribution < 1.29 is 28.4 Å². The van der Waals surface area contributed by atoms with Gasteiger partial charge in [-0.2, -0.15) is 11.8 Å². The van der Waals surface area contributed by atoms with Crippen LogP contribution in [-0.4, -0.2) is 52.4 Å². The van der Waals surface area contributed by atoms with Gasteiger partial charge < -0.3 is 10.2 Å². The maximum Gasteiger partial charge on any atom is 0.262 e. The number of carbonyl (C=O) groups excluding carboxylic acids is 5. The molecular formula is C21H21N3O6S. The molecule has 3 N–H and O–H groups in total. The topological polar surface area (TPSA) is 140 Å². The van der Waals surface area contributed by atoms with E-state index < -0.39 is 35.5 Å². The van der Waals surface area contributed by atoms with Gasteiger partial charge in [-0.25, -0.2) is 0 Å². The molecule has 1 aliphatic heterocycles. The molecule has 162 valence electrons. The Hall–Kier alpha value is -3.40. The number of imide groups is 1. The summed E-state index contributed by atoms with van der Waals surface area (Å²) in [5.41, 5.74) is 5.57. The van der Waals surface area contributed by atoms with Crippen LogP contribution in [0.2, 0.25) is 0 Å². The van der Waals surface area contributed by atoms with Crippen LogP contribution >= 0.6 is 11.8 Å². The molecule has 0 spiro atoms. The summed E-state index contributed by atoms with van der Waals surface area (Å²) < 4.78 is 5.42. The first-order chi connectivity index (χ1) is 14.7. The molecule has 1 aliphatic rings. The maximum absolute atomic E-state index is 13.1. The van der Waals surface area contributed by atoms with E-state index in [4.69, 9.17) is 10.2 Å². The summed E-state index contributed by atoms with van der Waals surface area (Å²) in [7, 11) is 0. The van der Waals surface area contributed by atoms with Crippen LogP contribution in [0.15, 0.2) is 28.7 Å². The first kappa shape index (κ1) is 22.3. The summed E-state index contributed by atoms with van der Waals surface area (Å²) in [6, 6.07) is 5.18. The summed E-state index contributed by atoms with van der Waals surface area (Å²) in [6.45, 7) is 2.71. The lowest BCUT2D eigenvalue weighted by atomic mass is 10.1. The fraction of sp³-hybridized carbons (Fsp3) is 0.286. The number of aryl methyl sites for hydroxylation is 1. The van der Waals surface area contributed by atoms with Gasteiger partial charge in [0.15, 0.2) is 5.78 Å². The van der Waals surface area contributed by atoms with Crippen molar-refractivity contribution in [3.63, 3.8) is 0 Å². The normalized spacial score (nSPS) is 13.8. The van der Waals surface area contributed by atoms with E-state index in [1.54, 1.807) is 12.1 Å². The summed E-state index contributed by atoms with van der Waals surface area (Å²) in [5.74, 6) is -2.94. The standard InChI is InChI=1S/C21H21N3O6S/c1-10(25)15-11(2)30-19(16(15)17(22)26)23-18(27)14(8-9-31-3)24-20(28)12-6-4-5-7-13(12)21(24)29/h4-7,14H,8-9H2,1-3H3,(H2,22,26)(H,23,27). The van der Waals surface area contributed by atoms with Crippen LogP contribution < -0.4 is 11.1 Å². The van der Waals surface area contributed by atoms with Crippen LogP contribution in [-0.2, 0) is 4.79 Å². The van der Waals surface area contributed by atoms with Crippen molar-refractivity contribution in [2.24, 2.45) is 5.73 Å². The first-order valence-corrected chi connectivity index (χ1v) is 10.8. The first-order valence-electron chi connectivity index (χ1n) is 9.39. The molecule has 9 nitrogen and oxygen atoms in total. The molecule has 0 radical (unpaired) electrons. The summed E-state index contributed by atoms with van der Waals surface area (Å²) in [6.07, 6.45) is 2.02. The third kappa shape index (κ3) is 3.98. The van der Waals surface area contributed by atoms with E-state index in [1.165, 1.54) is 37.7 Å². The number of nitrogens with zero attached hydrogens (tertiary/aromatic N) is 1. The molecule has 2 aromatic rings. The fourth-order valence-corrected chi connectivity index (χ4v) is 4.04. The van der Waals surface area contributed by atoms with E-state index in [2.05, 4.69) is 5.32 Å². The molecule has 2 heterocycles. The Morgan fingerprint density at radius 3 is 2.19 bits per heavy atom. The van der Waals surface area contributed by atoms with Gasteiger partial charge in [-0.15, -0.1) is 0 Å². The number of thioether (sulfide) groups is 1. The molecule has 0 bridgehead atoms. The minimum Gasteiger partial charge on any atom is -0.444 e. The smallest absolute Gasteiger partial charge is 0.262 e. The molecule has 1 atom stereocenters. The number of benzene rings is 1. The second kappa shape index (κ2) is 8.76. The van der Waals surface area contributed by atoms with Crippen LogP contribution in [0.4, 0.5) is 5.88 Å². The molecule has 1 aromatic heterocycles. The van der Waals surface area contributed by atoms with Gasteiger partial charge in [0.05, 0.1) is 16.7 Å². The molecule has 4 amide bonds. The SMILES string of the molecule is CSCCC(C(=O)Nc1oc(C)c(C(C)=O)c1C(N)=O)N1C(=O)c2ccccc2C1=O. The number of fused-ring (bicyclic) bond motifs is 1. The molecule has 0 fully saturated rings. The van der Waals surface area contributed by atoms with Crippen molar-refractivity contribution in [2.45, 2.75) is 26.3 Å². The molecule has 0 saturated carbocycles. The van der Waals surface area contributed by atoms with Gasteiger partial charge in [-0.05, 0) is 44.4 Å². The monoisotopic (exact) mass is 443 g/mol. The fourth-order valence-electron chi connectivity index (χ4n) is 3.58. The number of anilines is 1. The Kier molecular flexibility index (Phi) is 6.30. The maximum atomic E-state index is 13.1. The number of nitrogens with two attached hydrogens (primary N) is 1. The number of furan rings is 1. The van der Waals surface area contributed by atoms with Gasteiger partial charge in [0, 0.05) is 0 Å². The third-order valence-electron chi connectivity index (χ3n) is 4.95. The zero-order valence-electron chi connectivity index (χ0n) is 17.2. The Labute approximate surface area is 182 Å². The van der Waals surface area contributed by atoms with Crippen LogP contribution in [0.1, 0.15) is 60.5 Å². The molecule has 0 saturated heterocycles. The summed E-state index contributed by atoms with van der Waals surface area (Å²) in [4.78, 5) is 63.6. The van der Waals surface area contributed by atoms with Crippen LogP contribution in [0.3, 0.4) is 0 Å². The number of rotatable bonds is 8. The van der Waals surface area contributed by atoms with Crippen LogP contribution in [0, 0.1) is 6.92 Å². The van der Waals surface area contributed by atoms with E-state index in [1.807, 2.05) is 6.26 Å². The number of primary amides is 1. The van der Waals surface area contributed by atoms with Crippen LogP contribution in [0.5, 0.6) is 0 Å². The molecule has 1 unspecified atom stereocenters. The molecule has 1 aromatic carbocycles. The minimum atomic E-state index is -1.15. The highest BCUT2D eigenvalue weighted by molar-refractivity contribution is 7.98. The largest absolute Gasteiger partial charge is 0.444 e. The minimum absolute atomic E-state index is 0.0239. The second-order valence-electron chi connectivity index (χ2n) is 6.97. The Morgan fingerprint density at radius 2 is 1.71 bits per heavy atom. The lowest BCUT2D eigenvalue weighted by molar-refractivity contribution is -0.120. The van der Waals surface area contributed by atoms with Gasteiger partial charge in [0.2, 0.25) is 11.8 Å². The lowest BCUT2D eigenvalue weighted by Crippen LogP contribution is -2.47. The van der Waals surface area contributed by atoms with Gasteiger partial charge >= 0.3 is 0 Å². The lowest BCUT2D eigenvalue weighted by Gasteiger charge is -2.24. The predicted octanol–water partition coefficient (Wildman–Crippen LogP) is 2.25. The molecular weight excluding hydrogens is 422 g/mol. The Morgan fingerprint density at radius 1 is 1.13 bits per heavy atom. The van der Waals surface area contributed by atoms with E-state index in [-0.39, 0.29) is 40.3 Å². The van der Waals surface area contributed by atoms with E-state index >= 15 is 0 Å². The van der Waals surface area contributed by atoms with Crippen molar-refractivity contribution in [1.82, 2.24) is 4.90 Å². The highest BCUT2D eigenvalue weighted by atomic mass is 32.2. The van der Waals surface area contributed by atoms with Crippen molar-refractivity contribution in [3.8, 4) is 0 Å². The third-order valence-corrected chi connectivity index (χ3v) is 5.60. The van der Waals surface area contributed by atoms with Crippen LogP contribution in [0.25, 0.3) is 0 Å². The van der Waals surface area contributed by atoms with Crippen molar-refractivity contribution in [2.75, 3.05) is 17.3 Å². The summed E-state index contributed by atoms with van der Waals surface area (Å²) >= 11 is 1.45. The Balaban J connectivity index is 1.97. The molecule has 31 heavy (non-hydrogen) atoms. The summed E-state index contributed by atoms with van der Waals surface area (Å²) in [5, 5.41) is 2.45. The quantitative estimate of drug-likeness (QED) is 0.471. The number of amides is 4. The highest BCUT2D eigenvalue weighted by Crippen LogP contribution is 2.30. The number of nitrogens with one attached hydrogen (secondary N) is 1. The molecule has 3 rings (SSSR count). The van der Waals surface area contributed by atoms with Crippen molar-refractivity contribution in [1.29, 1.82) is 0 Å². The number of ketones is 1. The van der Waals surface area contributed by atoms with Gasteiger partial charge in [-0.1, -0.05) is 12.1 Å². The van der Waals surface area contributed by atoms with Gasteiger partial charge in [0.25, 0.3) is 17.7 Å². The zero-order chi connectivity index (χ0) is 22.9. The number of carbonyl (C=O) groups is 5. The van der Waals surface area contributed by atoms with Gasteiger partial charge in [0.1, 0.15) is 17.4 Å². The number of hydrogen-bond acceptors (Lipinski definition) is 7. The Bertz CT molecular complexity index is 1070. The van der Waals surface area contributed by atoms with Gasteiger partial charge in [-0.3, -0.25) is 34.2 Å². The second-order valence-corrected chi connectivity index (χ2v) is 7.96. The average molecular weight is 443 g/mol. The molecule has 0 aliphatic carbocycles.